The fraction of sp³-hybridized carbons (Fsp3) is 0.647. The molecule has 0 rings (SSSR count). The summed E-state index contributed by atoms with van der Waals surface area (Å²) in [4.78, 5) is 2.16. The van der Waals surface area contributed by atoms with Crippen molar-refractivity contribution in [3.63, 3.8) is 0 Å². The van der Waals surface area contributed by atoms with Crippen molar-refractivity contribution >= 4 is 0 Å². The summed E-state index contributed by atoms with van der Waals surface area (Å²) in [7, 11) is 2.03. The maximum atomic E-state index is 13.4. The monoisotopic (exact) mass is 283 g/mol. The quantitative estimate of drug-likeness (QED) is 0.479. The van der Waals surface area contributed by atoms with Crippen LogP contribution in [0.25, 0.3) is 0 Å². The second-order valence-corrected chi connectivity index (χ2v) is 5.63. The van der Waals surface area contributed by atoms with Gasteiger partial charge >= 0.3 is 0 Å². The molecule has 0 heterocycles. The van der Waals surface area contributed by atoms with Crippen LogP contribution in [-0.2, 0) is 0 Å². The Hall–Kier alpha value is -0.930. The first kappa shape index (κ1) is 19.1. The van der Waals surface area contributed by atoms with Crippen LogP contribution in [0.15, 0.2) is 36.2 Å². The van der Waals surface area contributed by atoms with E-state index in [-0.39, 0.29) is 5.83 Å². The molecule has 20 heavy (non-hydrogen) atoms. The van der Waals surface area contributed by atoms with Crippen molar-refractivity contribution in [2.24, 2.45) is 0 Å². The minimum atomic E-state index is -0.754. The highest BCUT2D eigenvalue weighted by Gasteiger charge is 2.21. The molecule has 0 aliphatic rings. The van der Waals surface area contributed by atoms with Crippen LogP contribution in [0.2, 0.25) is 0 Å². The summed E-state index contributed by atoms with van der Waals surface area (Å²) in [6.07, 6.45) is 8.02. The van der Waals surface area contributed by atoms with E-state index in [9.17, 15) is 9.50 Å². The summed E-state index contributed by atoms with van der Waals surface area (Å²) < 4.78 is 13.4. The molecule has 0 fully saturated rings. The first-order valence-corrected chi connectivity index (χ1v) is 7.36. The van der Waals surface area contributed by atoms with E-state index in [1.807, 2.05) is 20.0 Å². The SMILES string of the molecule is C=CCC=C/C(CCC(C)(O)CCN(C)CC)=C(\C)F. The summed E-state index contributed by atoms with van der Waals surface area (Å²) in [6.45, 7) is 10.8. The van der Waals surface area contributed by atoms with Crippen molar-refractivity contribution in [1.29, 1.82) is 0 Å². The maximum absolute atomic E-state index is 13.4. The van der Waals surface area contributed by atoms with Crippen LogP contribution in [0, 0.1) is 0 Å². The van der Waals surface area contributed by atoms with Crippen molar-refractivity contribution in [3.05, 3.63) is 36.2 Å². The Labute approximate surface area is 123 Å². The van der Waals surface area contributed by atoms with Gasteiger partial charge in [-0.15, -0.1) is 6.58 Å². The highest BCUT2D eigenvalue weighted by Crippen LogP contribution is 2.23. The number of allylic oxidation sites excluding steroid dienone is 5. The lowest BCUT2D eigenvalue weighted by Crippen LogP contribution is -2.31. The van der Waals surface area contributed by atoms with Crippen molar-refractivity contribution in [1.82, 2.24) is 4.90 Å². The van der Waals surface area contributed by atoms with E-state index < -0.39 is 5.60 Å². The van der Waals surface area contributed by atoms with Gasteiger partial charge < -0.3 is 10.0 Å². The van der Waals surface area contributed by atoms with Crippen LogP contribution in [0.5, 0.6) is 0 Å². The van der Waals surface area contributed by atoms with Gasteiger partial charge in [0.05, 0.1) is 11.4 Å². The Morgan fingerprint density at radius 2 is 2.05 bits per heavy atom. The van der Waals surface area contributed by atoms with Gasteiger partial charge in [-0.3, -0.25) is 0 Å². The van der Waals surface area contributed by atoms with Gasteiger partial charge in [-0.1, -0.05) is 25.2 Å². The number of nitrogens with zero attached hydrogens (tertiary/aromatic N) is 1. The lowest BCUT2D eigenvalue weighted by Gasteiger charge is -2.26. The number of halogens is 1. The average Bonchev–Trinajstić information content (AvgIpc) is 2.39. The molecule has 2 nitrogen and oxygen atoms in total. The standard InChI is InChI=1S/C17H30FNO/c1-6-8-9-10-16(15(3)18)11-12-17(4,20)13-14-19(5)7-2/h6,9-10,20H,1,7-8,11-14H2,2-5H3/b10-9?,16-15-. The summed E-state index contributed by atoms with van der Waals surface area (Å²) in [5.41, 5.74) is -0.0906. The van der Waals surface area contributed by atoms with Gasteiger partial charge in [-0.25, -0.2) is 4.39 Å². The van der Waals surface area contributed by atoms with Crippen LogP contribution in [0.3, 0.4) is 0 Å². The normalized spacial score (nSPS) is 16.4. The summed E-state index contributed by atoms with van der Waals surface area (Å²) in [6, 6.07) is 0. The second-order valence-electron chi connectivity index (χ2n) is 5.63. The first-order chi connectivity index (χ1) is 9.32. The van der Waals surface area contributed by atoms with E-state index in [0.717, 1.165) is 19.5 Å². The molecule has 0 radical (unpaired) electrons. The Balaban J connectivity index is 4.39. The van der Waals surface area contributed by atoms with Crippen LogP contribution in [-0.4, -0.2) is 35.7 Å². The zero-order valence-corrected chi connectivity index (χ0v) is 13.5. The third-order valence-corrected chi connectivity index (χ3v) is 3.57. The second kappa shape index (κ2) is 9.89. The molecule has 1 atom stereocenters. The maximum Gasteiger partial charge on any atom is 0.1000 e. The van der Waals surface area contributed by atoms with Crippen LogP contribution in [0.1, 0.15) is 46.5 Å². The van der Waals surface area contributed by atoms with Crippen LogP contribution >= 0.6 is 0 Å². The molecule has 116 valence electrons. The highest BCUT2D eigenvalue weighted by atomic mass is 19.1. The van der Waals surface area contributed by atoms with Crippen molar-refractivity contribution in [2.45, 2.75) is 52.1 Å². The molecule has 1 N–H and O–H groups in total. The molecule has 0 aromatic carbocycles. The van der Waals surface area contributed by atoms with Crippen LogP contribution in [0.4, 0.5) is 4.39 Å². The minimum absolute atomic E-state index is 0.174. The molecule has 0 aromatic heterocycles. The van der Waals surface area contributed by atoms with E-state index in [0.29, 0.717) is 24.8 Å². The Kier molecular flexibility index (Phi) is 9.43. The Morgan fingerprint density at radius 3 is 2.55 bits per heavy atom. The fourth-order valence-corrected chi connectivity index (χ4v) is 1.80. The molecule has 0 amide bonds. The molecule has 0 aliphatic heterocycles. The third kappa shape index (κ3) is 9.05. The van der Waals surface area contributed by atoms with Gasteiger partial charge in [-0.2, -0.15) is 0 Å². The van der Waals surface area contributed by atoms with E-state index in [1.54, 1.807) is 12.2 Å². The fourth-order valence-electron chi connectivity index (χ4n) is 1.80. The zero-order valence-electron chi connectivity index (χ0n) is 13.5. The van der Waals surface area contributed by atoms with Crippen molar-refractivity contribution < 1.29 is 9.50 Å². The number of hydrogen-bond donors (Lipinski definition) is 1. The van der Waals surface area contributed by atoms with E-state index in [1.165, 1.54) is 6.92 Å². The molecule has 0 saturated heterocycles. The summed E-state index contributed by atoms with van der Waals surface area (Å²) in [5.74, 6) is -0.174. The number of rotatable bonds is 10. The van der Waals surface area contributed by atoms with Crippen molar-refractivity contribution in [3.8, 4) is 0 Å². The van der Waals surface area contributed by atoms with Gasteiger partial charge in [0.2, 0.25) is 0 Å². The first-order valence-electron chi connectivity index (χ1n) is 7.36. The van der Waals surface area contributed by atoms with Gasteiger partial charge in [0.1, 0.15) is 0 Å². The topological polar surface area (TPSA) is 23.5 Å². The van der Waals surface area contributed by atoms with Gasteiger partial charge in [0.15, 0.2) is 0 Å². The molecule has 0 aliphatic carbocycles. The highest BCUT2D eigenvalue weighted by molar-refractivity contribution is 5.22. The smallest absolute Gasteiger partial charge is 0.1000 e. The molecular formula is C17H30FNO. The van der Waals surface area contributed by atoms with Crippen molar-refractivity contribution in [2.75, 3.05) is 20.1 Å². The zero-order chi connectivity index (χ0) is 15.6. The number of aliphatic hydroxyl groups is 1. The third-order valence-electron chi connectivity index (χ3n) is 3.57. The molecule has 1 unspecified atom stereocenters. The van der Waals surface area contributed by atoms with E-state index >= 15 is 0 Å². The largest absolute Gasteiger partial charge is 0.390 e. The predicted octanol–water partition coefficient (Wildman–Crippen LogP) is 4.24. The molecule has 0 spiro atoms. The van der Waals surface area contributed by atoms with Gasteiger partial charge in [0, 0.05) is 6.54 Å². The van der Waals surface area contributed by atoms with E-state index in [2.05, 4.69) is 18.4 Å². The lowest BCUT2D eigenvalue weighted by molar-refractivity contribution is 0.0342. The molecule has 0 saturated carbocycles. The number of hydrogen-bond acceptors (Lipinski definition) is 2. The summed E-state index contributed by atoms with van der Waals surface area (Å²) >= 11 is 0. The molecule has 3 heteroatoms. The van der Waals surface area contributed by atoms with Crippen LogP contribution < -0.4 is 0 Å². The van der Waals surface area contributed by atoms with Gasteiger partial charge in [0.25, 0.3) is 0 Å². The Morgan fingerprint density at radius 1 is 1.40 bits per heavy atom. The summed E-state index contributed by atoms with van der Waals surface area (Å²) in [5, 5.41) is 10.3. The minimum Gasteiger partial charge on any atom is -0.390 e. The average molecular weight is 283 g/mol. The lowest BCUT2D eigenvalue weighted by atomic mass is 9.93. The molecular weight excluding hydrogens is 253 g/mol. The Bertz CT molecular complexity index is 341. The molecule has 0 bridgehead atoms. The predicted molar refractivity (Wildman–Crippen MR) is 85.4 cm³/mol. The van der Waals surface area contributed by atoms with Gasteiger partial charge in [-0.05, 0) is 58.7 Å². The van der Waals surface area contributed by atoms with E-state index in [4.69, 9.17) is 0 Å². The molecule has 0 aromatic rings.